The molecule has 0 aromatic heterocycles. The van der Waals surface area contributed by atoms with Crippen LogP contribution in [0, 0.1) is 17.8 Å². The van der Waals surface area contributed by atoms with E-state index in [0.717, 1.165) is 114 Å². The fourth-order valence-corrected chi connectivity index (χ4v) is 13.5. The summed E-state index contributed by atoms with van der Waals surface area (Å²) in [5.41, 5.74) is 0. The highest BCUT2D eigenvalue weighted by Gasteiger charge is 2.30. The topological polar surface area (TPSA) is 237 Å². The molecule has 0 bridgehead atoms. The lowest BCUT2D eigenvalue weighted by atomic mass is 9.99. The Morgan fingerprint density at radius 1 is 0.299 bits per heavy atom. The number of aliphatic hydroxyl groups is 1. The first-order chi connectivity index (χ1) is 46.8. The highest BCUT2D eigenvalue weighted by Crippen LogP contribution is 2.45. The fraction of sp³-hybridized carbons (Fsp3) is 0.949. The summed E-state index contributed by atoms with van der Waals surface area (Å²) in [5, 5.41) is 10.6. The minimum absolute atomic E-state index is 0.105. The third-order valence-corrected chi connectivity index (χ3v) is 20.8. The second kappa shape index (κ2) is 68.5. The first-order valence-corrected chi connectivity index (χ1v) is 43.4. The Morgan fingerprint density at radius 2 is 0.526 bits per heavy atom. The number of aliphatic hydroxyl groups excluding tert-OH is 1. The highest BCUT2D eigenvalue weighted by molar-refractivity contribution is 7.47. The van der Waals surface area contributed by atoms with Crippen LogP contribution in [0.15, 0.2) is 0 Å². The Bertz CT molecular complexity index is 1890. The molecule has 0 aromatic rings. The van der Waals surface area contributed by atoms with Crippen LogP contribution in [-0.2, 0) is 65.4 Å². The van der Waals surface area contributed by atoms with E-state index in [1.54, 1.807) is 0 Å². The van der Waals surface area contributed by atoms with Crippen molar-refractivity contribution in [3.8, 4) is 0 Å². The zero-order chi connectivity index (χ0) is 71.6. The van der Waals surface area contributed by atoms with Gasteiger partial charge in [0.25, 0.3) is 0 Å². The summed E-state index contributed by atoms with van der Waals surface area (Å²) in [6, 6.07) is 0. The lowest BCUT2D eigenvalue weighted by Crippen LogP contribution is -2.30. The number of phosphoric acid groups is 2. The number of hydrogen-bond donors (Lipinski definition) is 3. The van der Waals surface area contributed by atoms with Crippen LogP contribution in [0.4, 0.5) is 0 Å². The molecule has 0 rings (SSSR count). The van der Waals surface area contributed by atoms with Crippen LogP contribution in [0.2, 0.25) is 0 Å². The SMILES string of the molecule is CCCCCCCCCCCCCCCCCCC(=O)OC[C@H](COP(=O)(O)OC[C@@H](O)COP(=O)(O)OC[C@@H](COC(=O)CCCCCCCCC(C)CC)OC(=O)CCCCCCCCCCCCC(C)CC)OC(=O)CCCCCCCCCCCCCCCCC(C)C. The van der Waals surface area contributed by atoms with E-state index >= 15 is 0 Å². The number of phosphoric ester groups is 2. The number of esters is 4. The van der Waals surface area contributed by atoms with Gasteiger partial charge in [-0.3, -0.25) is 37.3 Å². The van der Waals surface area contributed by atoms with Crippen molar-refractivity contribution in [1.82, 2.24) is 0 Å². The second-order valence-electron chi connectivity index (χ2n) is 29.1. The summed E-state index contributed by atoms with van der Waals surface area (Å²) in [6.45, 7) is 11.9. The van der Waals surface area contributed by atoms with Crippen molar-refractivity contribution >= 4 is 39.5 Å². The van der Waals surface area contributed by atoms with Crippen molar-refractivity contribution in [2.45, 2.75) is 420 Å². The Kier molecular flexibility index (Phi) is 67.1. The van der Waals surface area contributed by atoms with Crippen LogP contribution in [0.3, 0.4) is 0 Å². The molecule has 0 amide bonds. The number of carbonyl (C=O) groups is 4. The molecule has 17 nitrogen and oxygen atoms in total. The van der Waals surface area contributed by atoms with Crippen molar-refractivity contribution in [1.29, 1.82) is 0 Å². The average Bonchev–Trinajstić information content (AvgIpc) is 1.39. The van der Waals surface area contributed by atoms with Gasteiger partial charge in [0, 0.05) is 25.7 Å². The number of rotatable bonds is 76. The minimum Gasteiger partial charge on any atom is -0.462 e. The number of ether oxygens (including phenoxy) is 4. The third-order valence-electron chi connectivity index (χ3n) is 18.9. The molecule has 576 valence electrons. The molecular formula is C78H152O17P2. The first kappa shape index (κ1) is 95.1. The number of unbranched alkanes of at least 4 members (excludes halogenated alkanes) is 42. The number of carbonyl (C=O) groups excluding carboxylic acids is 4. The van der Waals surface area contributed by atoms with Crippen LogP contribution in [0.25, 0.3) is 0 Å². The van der Waals surface area contributed by atoms with E-state index < -0.39 is 97.5 Å². The van der Waals surface area contributed by atoms with Gasteiger partial charge in [0.1, 0.15) is 19.3 Å². The maximum absolute atomic E-state index is 13.1. The van der Waals surface area contributed by atoms with Crippen molar-refractivity contribution in [3.63, 3.8) is 0 Å². The molecule has 0 spiro atoms. The Labute approximate surface area is 594 Å². The molecule has 97 heavy (non-hydrogen) atoms. The van der Waals surface area contributed by atoms with Crippen LogP contribution >= 0.6 is 15.6 Å². The van der Waals surface area contributed by atoms with Gasteiger partial charge in [-0.2, -0.15) is 0 Å². The molecule has 0 saturated heterocycles. The van der Waals surface area contributed by atoms with Crippen molar-refractivity contribution < 1.29 is 80.2 Å². The van der Waals surface area contributed by atoms with E-state index in [0.29, 0.717) is 25.7 Å². The fourth-order valence-electron chi connectivity index (χ4n) is 11.9. The van der Waals surface area contributed by atoms with Crippen LogP contribution in [-0.4, -0.2) is 96.7 Å². The molecular weight excluding hydrogens is 1270 g/mol. The van der Waals surface area contributed by atoms with Gasteiger partial charge in [-0.15, -0.1) is 0 Å². The quantitative estimate of drug-likeness (QED) is 0.0222. The largest absolute Gasteiger partial charge is 0.472 e. The van der Waals surface area contributed by atoms with E-state index in [1.165, 1.54) is 205 Å². The summed E-state index contributed by atoms with van der Waals surface area (Å²) >= 11 is 0. The number of hydrogen-bond acceptors (Lipinski definition) is 15. The van der Waals surface area contributed by atoms with E-state index in [1.807, 2.05) is 0 Å². The molecule has 3 N–H and O–H groups in total. The highest BCUT2D eigenvalue weighted by atomic mass is 31.2. The normalized spacial score (nSPS) is 14.6. The predicted octanol–water partition coefficient (Wildman–Crippen LogP) is 23.0. The van der Waals surface area contributed by atoms with Crippen LogP contribution < -0.4 is 0 Å². The lowest BCUT2D eigenvalue weighted by molar-refractivity contribution is -0.161. The van der Waals surface area contributed by atoms with Crippen molar-refractivity contribution in [2.24, 2.45) is 17.8 Å². The molecule has 4 unspecified atom stereocenters. The summed E-state index contributed by atoms with van der Waals surface area (Å²) in [7, 11) is -9.92. The van der Waals surface area contributed by atoms with Gasteiger partial charge in [0.2, 0.25) is 0 Å². The second-order valence-corrected chi connectivity index (χ2v) is 32.0. The molecule has 7 atom stereocenters. The van der Waals surface area contributed by atoms with E-state index in [2.05, 4.69) is 48.5 Å². The predicted molar refractivity (Wildman–Crippen MR) is 395 cm³/mol. The molecule has 19 heteroatoms. The summed E-state index contributed by atoms with van der Waals surface area (Å²) in [4.78, 5) is 72.9. The molecule has 0 aliphatic carbocycles. The van der Waals surface area contributed by atoms with Crippen LogP contribution in [0.1, 0.15) is 402 Å². The van der Waals surface area contributed by atoms with Gasteiger partial charge in [0.05, 0.1) is 26.4 Å². The first-order valence-electron chi connectivity index (χ1n) is 40.4. The van der Waals surface area contributed by atoms with Gasteiger partial charge < -0.3 is 33.8 Å². The average molecular weight is 1420 g/mol. The molecule has 0 heterocycles. The Balaban J connectivity index is 5.26. The van der Waals surface area contributed by atoms with E-state index in [9.17, 15) is 43.2 Å². The maximum Gasteiger partial charge on any atom is 0.472 e. The van der Waals surface area contributed by atoms with Crippen molar-refractivity contribution in [3.05, 3.63) is 0 Å². The molecule has 0 fully saturated rings. The molecule has 0 aliphatic rings. The Hall–Kier alpha value is -1.94. The summed E-state index contributed by atoms with van der Waals surface area (Å²) < 4.78 is 68.6. The van der Waals surface area contributed by atoms with Gasteiger partial charge in [0.15, 0.2) is 12.2 Å². The van der Waals surface area contributed by atoms with Gasteiger partial charge in [-0.25, -0.2) is 9.13 Å². The zero-order valence-corrected chi connectivity index (χ0v) is 65.3. The summed E-state index contributed by atoms with van der Waals surface area (Å²) in [6.07, 6.45) is 55.4. The standard InChI is InChI=1S/C78H152O17P2/c1-8-11-12-13-14-15-16-17-18-19-23-26-32-37-45-52-59-75(80)88-65-73(94-77(82)61-54-47-38-33-27-24-21-20-22-25-30-35-42-49-56-69(4)5)67-92-96(84,85)90-63-72(79)64-91-97(86,87)93-68-74(66-89-76(81)60-53-46-41-40-44-51-58-71(7)10-3)95-78(83)62-55-48-39-34-29-28-31-36-43-50-57-70(6)9-2/h69-74,79H,8-68H2,1-7H3,(H,84,85)(H,86,87)/t70?,71?,72-,73-,74-/m1/s1. The zero-order valence-electron chi connectivity index (χ0n) is 63.5. The molecule has 0 radical (unpaired) electrons. The molecule has 0 aliphatic heterocycles. The minimum atomic E-state index is -4.96. The molecule has 0 aromatic carbocycles. The van der Waals surface area contributed by atoms with Gasteiger partial charge >= 0.3 is 39.5 Å². The third kappa shape index (κ3) is 69.5. The van der Waals surface area contributed by atoms with Crippen LogP contribution in [0.5, 0.6) is 0 Å². The Morgan fingerprint density at radius 3 is 0.784 bits per heavy atom. The van der Waals surface area contributed by atoms with Gasteiger partial charge in [-0.05, 0) is 43.4 Å². The maximum atomic E-state index is 13.1. The molecule has 0 saturated carbocycles. The smallest absolute Gasteiger partial charge is 0.462 e. The monoisotopic (exact) mass is 1420 g/mol. The van der Waals surface area contributed by atoms with E-state index in [-0.39, 0.29) is 25.7 Å². The lowest BCUT2D eigenvalue weighted by Gasteiger charge is -2.21. The van der Waals surface area contributed by atoms with E-state index in [4.69, 9.17) is 37.0 Å². The summed E-state index contributed by atoms with van der Waals surface area (Å²) in [5.74, 6) is 0.214. The van der Waals surface area contributed by atoms with Gasteiger partial charge in [-0.1, -0.05) is 350 Å². The van der Waals surface area contributed by atoms with Crippen molar-refractivity contribution in [2.75, 3.05) is 39.6 Å².